The molecule has 6 nitrogen and oxygen atoms in total. The SMILES string of the molecule is Nc1ccccc1B([O-])OCCOB(O)c1ccccc1N. The highest BCUT2D eigenvalue weighted by atomic mass is 16.6. The average Bonchev–Trinajstić information content (AvgIpc) is 2.52. The molecule has 0 bridgehead atoms. The maximum atomic E-state index is 11.9. The van der Waals surface area contributed by atoms with Crippen LogP contribution >= 0.6 is 0 Å². The Morgan fingerprint density at radius 2 is 1.36 bits per heavy atom. The predicted molar refractivity (Wildman–Crippen MR) is 86.6 cm³/mol. The number of anilines is 2. The minimum atomic E-state index is -1.39. The molecule has 0 fully saturated rings. The molecule has 2 aromatic carbocycles. The Kier molecular flexibility index (Phi) is 5.85. The van der Waals surface area contributed by atoms with E-state index in [0.717, 1.165) is 0 Å². The van der Waals surface area contributed by atoms with Crippen molar-refractivity contribution in [2.45, 2.75) is 0 Å². The number of hydrogen-bond donors (Lipinski definition) is 3. The van der Waals surface area contributed by atoms with E-state index in [1.54, 1.807) is 48.5 Å². The van der Waals surface area contributed by atoms with Gasteiger partial charge < -0.3 is 30.8 Å². The Bertz CT molecular complexity index is 561. The van der Waals surface area contributed by atoms with Crippen molar-refractivity contribution in [3.05, 3.63) is 48.5 Å². The molecule has 2 rings (SSSR count). The molecule has 2 aromatic rings. The molecule has 0 spiro atoms. The summed E-state index contributed by atoms with van der Waals surface area (Å²) < 4.78 is 10.3. The van der Waals surface area contributed by atoms with Gasteiger partial charge in [-0.25, -0.2) is 0 Å². The molecule has 0 aromatic heterocycles. The van der Waals surface area contributed by atoms with Gasteiger partial charge in [-0.1, -0.05) is 36.4 Å². The van der Waals surface area contributed by atoms with Crippen LogP contribution in [0.1, 0.15) is 0 Å². The van der Waals surface area contributed by atoms with Crippen LogP contribution in [-0.4, -0.2) is 32.5 Å². The highest BCUT2D eigenvalue weighted by Crippen LogP contribution is 2.00. The van der Waals surface area contributed by atoms with Crippen molar-refractivity contribution in [2.75, 3.05) is 24.7 Å². The van der Waals surface area contributed by atoms with Crippen LogP contribution in [0.25, 0.3) is 0 Å². The van der Waals surface area contributed by atoms with Crippen molar-refractivity contribution >= 4 is 36.5 Å². The van der Waals surface area contributed by atoms with E-state index >= 15 is 0 Å². The Morgan fingerprint density at radius 1 is 0.864 bits per heavy atom. The first-order chi connectivity index (χ1) is 10.6. The summed E-state index contributed by atoms with van der Waals surface area (Å²) in [6.07, 6.45) is 0. The molecule has 0 radical (unpaired) electrons. The Labute approximate surface area is 129 Å². The monoisotopic (exact) mass is 299 g/mol. The van der Waals surface area contributed by atoms with Gasteiger partial charge in [0.25, 0.3) is 0 Å². The van der Waals surface area contributed by atoms with Gasteiger partial charge in [0.05, 0.1) is 6.61 Å². The summed E-state index contributed by atoms with van der Waals surface area (Å²) in [7, 11) is -2.54. The zero-order chi connectivity index (χ0) is 15.9. The topological polar surface area (TPSA) is 114 Å². The highest BCUT2D eigenvalue weighted by Gasteiger charge is 2.18. The lowest BCUT2D eigenvalue weighted by molar-refractivity contribution is -0.217. The Balaban J connectivity index is 1.78. The third kappa shape index (κ3) is 4.25. The summed E-state index contributed by atoms with van der Waals surface area (Å²) in [6.45, 7) is 0.0906. The molecule has 0 aliphatic carbocycles. The van der Waals surface area contributed by atoms with E-state index in [-0.39, 0.29) is 13.2 Å². The minimum Gasteiger partial charge on any atom is -0.853 e. The summed E-state index contributed by atoms with van der Waals surface area (Å²) in [4.78, 5) is 0. The quantitative estimate of drug-likeness (QED) is 0.320. The fourth-order valence-corrected chi connectivity index (χ4v) is 1.96. The molecule has 0 amide bonds. The standard InChI is InChI=1S/C14H17B2N2O4/c17-13-7-3-1-5-11(13)15(19)21-9-10-22-16(20)12-6-2-4-8-14(12)18/h1-8,19H,9-10,17-18H2/q-1. The zero-order valence-electron chi connectivity index (χ0n) is 12.0. The largest absolute Gasteiger partial charge is 0.853 e. The number of hydrogen-bond acceptors (Lipinski definition) is 6. The maximum absolute atomic E-state index is 11.9. The Hall–Kier alpha value is -1.99. The number of nitrogens with two attached hydrogens (primary N) is 2. The maximum Gasteiger partial charge on any atom is 0.493 e. The first-order valence-electron chi connectivity index (χ1n) is 6.85. The summed E-state index contributed by atoms with van der Waals surface area (Å²) in [6, 6.07) is 13.6. The van der Waals surface area contributed by atoms with Crippen molar-refractivity contribution in [3.8, 4) is 0 Å². The van der Waals surface area contributed by atoms with E-state index in [9.17, 15) is 10.0 Å². The summed E-state index contributed by atoms with van der Waals surface area (Å²) in [5.74, 6) is 0. The summed E-state index contributed by atoms with van der Waals surface area (Å²) in [5.41, 5.74) is 13.1. The molecule has 0 aliphatic heterocycles. The van der Waals surface area contributed by atoms with Gasteiger partial charge >= 0.3 is 7.12 Å². The molecule has 0 unspecified atom stereocenters. The van der Waals surface area contributed by atoms with Gasteiger partial charge in [-0.05, 0) is 17.6 Å². The van der Waals surface area contributed by atoms with Gasteiger partial charge in [0.15, 0.2) is 0 Å². The lowest BCUT2D eigenvalue weighted by atomic mass is 9.78. The van der Waals surface area contributed by atoms with Crippen molar-refractivity contribution in [1.29, 1.82) is 0 Å². The summed E-state index contributed by atoms with van der Waals surface area (Å²) >= 11 is 0. The van der Waals surface area contributed by atoms with Crippen LogP contribution < -0.4 is 27.4 Å². The molecule has 114 valence electrons. The third-order valence-electron chi connectivity index (χ3n) is 3.14. The lowest BCUT2D eigenvalue weighted by Crippen LogP contribution is -2.48. The first kappa shape index (κ1) is 16.4. The molecule has 5 N–H and O–H groups in total. The van der Waals surface area contributed by atoms with Crippen LogP contribution in [0.4, 0.5) is 11.4 Å². The van der Waals surface area contributed by atoms with Gasteiger partial charge in [0.2, 0.25) is 7.12 Å². The minimum absolute atomic E-state index is 0.0340. The third-order valence-corrected chi connectivity index (χ3v) is 3.14. The lowest BCUT2D eigenvalue weighted by Gasteiger charge is -2.21. The van der Waals surface area contributed by atoms with E-state index in [1.807, 2.05) is 0 Å². The second-order valence-corrected chi connectivity index (χ2v) is 4.68. The average molecular weight is 299 g/mol. The molecule has 0 atom stereocenters. The van der Waals surface area contributed by atoms with Crippen LogP contribution in [0.5, 0.6) is 0 Å². The molecule has 8 heteroatoms. The molecular formula is C14H17B2N2O4-. The second-order valence-electron chi connectivity index (χ2n) is 4.68. The van der Waals surface area contributed by atoms with E-state index < -0.39 is 14.2 Å². The highest BCUT2D eigenvalue weighted by molar-refractivity contribution is 6.62. The molecule has 0 aliphatic rings. The van der Waals surface area contributed by atoms with Crippen LogP contribution in [0.2, 0.25) is 0 Å². The van der Waals surface area contributed by atoms with Gasteiger partial charge in [-0.2, -0.15) is 0 Å². The van der Waals surface area contributed by atoms with E-state index in [4.69, 9.17) is 20.8 Å². The summed E-state index contributed by atoms with van der Waals surface area (Å²) in [5, 5.41) is 21.7. The normalized spacial score (nSPS) is 10.5. The molecule has 0 saturated carbocycles. The predicted octanol–water partition coefficient (Wildman–Crippen LogP) is -1.67. The molecule has 0 saturated heterocycles. The van der Waals surface area contributed by atoms with Gasteiger partial charge in [-0.3, -0.25) is 0 Å². The van der Waals surface area contributed by atoms with Crippen molar-refractivity contribution in [1.82, 2.24) is 0 Å². The van der Waals surface area contributed by atoms with E-state index in [2.05, 4.69) is 0 Å². The number of nitrogen functional groups attached to an aromatic ring is 2. The van der Waals surface area contributed by atoms with Crippen molar-refractivity contribution < 1.29 is 19.4 Å². The van der Waals surface area contributed by atoms with Gasteiger partial charge in [-0.15, -0.1) is 0 Å². The fraction of sp³-hybridized carbons (Fsp3) is 0.143. The number of para-hydroxylation sites is 2. The van der Waals surface area contributed by atoms with Crippen LogP contribution in [0.15, 0.2) is 48.5 Å². The van der Waals surface area contributed by atoms with E-state index in [1.165, 1.54) is 0 Å². The Morgan fingerprint density at radius 3 is 1.95 bits per heavy atom. The molecular weight excluding hydrogens is 282 g/mol. The van der Waals surface area contributed by atoms with Crippen molar-refractivity contribution in [2.24, 2.45) is 0 Å². The number of rotatable bonds is 7. The van der Waals surface area contributed by atoms with Gasteiger partial charge in [0.1, 0.15) is 0 Å². The first-order valence-corrected chi connectivity index (χ1v) is 6.85. The van der Waals surface area contributed by atoms with Crippen LogP contribution in [0.3, 0.4) is 0 Å². The number of benzene rings is 2. The van der Waals surface area contributed by atoms with Crippen LogP contribution in [0, 0.1) is 0 Å². The molecule has 22 heavy (non-hydrogen) atoms. The van der Waals surface area contributed by atoms with Crippen LogP contribution in [-0.2, 0) is 9.31 Å². The molecule has 0 heterocycles. The second kappa shape index (κ2) is 7.86. The fourth-order valence-electron chi connectivity index (χ4n) is 1.96. The zero-order valence-corrected chi connectivity index (χ0v) is 12.0. The van der Waals surface area contributed by atoms with Crippen molar-refractivity contribution in [3.63, 3.8) is 0 Å². The van der Waals surface area contributed by atoms with Gasteiger partial charge in [0, 0.05) is 23.4 Å². The smallest absolute Gasteiger partial charge is 0.493 e. The van der Waals surface area contributed by atoms with E-state index in [0.29, 0.717) is 22.3 Å².